The Labute approximate surface area is 109 Å². The Kier molecular flexibility index (Phi) is 3.74. The van der Waals surface area contributed by atoms with Crippen molar-refractivity contribution in [3.8, 4) is 11.8 Å². The third kappa shape index (κ3) is 3.07. The fourth-order valence-corrected chi connectivity index (χ4v) is 1.56. The maximum Gasteiger partial charge on any atom is 0.339 e. The lowest BCUT2D eigenvalue weighted by Crippen LogP contribution is -2.03. The minimum absolute atomic E-state index is 0.0615. The molecular formula is C14H10N2O3. The summed E-state index contributed by atoms with van der Waals surface area (Å²) in [4.78, 5) is 14.8. The highest BCUT2D eigenvalue weighted by molar-refractivity contribution is 5.90. The van der Waals surface area contributed by atoms with Crippen LogP contribution in [-0.2, 0) is 6.61 Å². The lowest BCUT2D eigenvalue weighted by Gasteiger charge is -2.08. The van der Waals surface area contributed by atoms with Crippen molar-refractivity contribution in [1.29, 1.82) is 5.26 Å². The van der Waals surface area contributed by atoms with Gasteiger partial charge < -0.3 is 9.84 Å². The van der Waals surface area contributed by atoms with Crippen LogP contribution >= 0.6 is 0 Å². The van der Waals surface area contributed by atoms with Gasteiger partial charge in [-0.3, -0.25) is 4.98 Å². The number of nitrogens with zero attached hydrogens (tertiary/aromatic N) is 2. The molecule has 0 aliphatic heterocycles. The van der Waals surface area contributed by atoms with Gasteiger partial charge in [0.1, 0.15) is 12.2 Å². The van der Waals surface area contributed by atoms with Gasteiger partial charge in [-0.05, 0) is 23.8 Å². The van der Waals surface area contributed by atoms with Gasteiger partial charge in [0, 0.05) is 6.20 Å². The molecule has 94 valence electrons. The zero-order valence-electron chi connectivity index (χ0n) is 9.91. The highest BCUT2D eigenvalue weighted by Crippen LogP contribution is 2.18. The first kappa shape index (κ1) is 12.6. The molecule has 0 spiro atoms. The van der Waals surface area contributed by atoms with Crippen molar-refractivity contribution in [1.82, 2.24) is 4.98 Å². The summed E-state index contributed by atoms with van der Waals surface area (Å²) in [6.07, 6.45) is 2.75. The summed E-state index contributed by atoms with van der Waals surface area (Å²) in [6.45, 7) is 0.182. The van der Waals surface area contributed by atoms with Crippen LogP contribution < -0.4 is 4.74 Å². The number of carbonyl (C=O) groups is 1. The van der Waals surface area contributed by atoms with Crippen molar-refractivity contribution in [2.45, 2.75) is 6.61 Å². The Hall–Kier alpha value is -2.87. The number of benzene rings is 1. The maximum absolute atomic E-state index is 11.0. The van der Waals surface area contributed by atoms with Crippen molar-refractivity contribution in [3.05, 3.63) is 59.4 Å². The SMILES string of the molecule is N#Cc1cccc(COc2cnccc2C(=O)O)c1. The van der Waals surface area contributed by atoms with E-state index in [4.69, 9.17) is 15.1 Å². The second-order valence-corrected chi connectivity index (χ2v) is 3.78. The maximum atomic E-state index is 11.0. The number of pyridine rings is 1. The predicted molar refractivity (Wildman–Crippen MR) is 66.7 cm³/mol. The fraction of sp³-hybridized carbons (Fsp3) is 0.0714. The Balaban J connectivity index is 2.15. The van der Waals surface area contributed by atoms with Crippen molar-refractivity contribution >= 4 is 5.97 Å². The summed E-state index contributed by atoms with van der Waals surface area (Å²) in [5.74, 6) is -0.861. The Morgan fingerprint density at radius 1 is 1.42 bits per heavy atom. The Morgan fingerprint density at radius 2 is 2.26 bits per heavy atom. The average molecular weight is 254 g/mol. The second kappa shape index (κ2) is 5.65. The minimum atomic E-state index is -1.07. The van der Waals surface area contributed by atoms with Gasteiger partial charge >= 0.3 is 5.97 Å². The number of carboxylic acids is 1. The Morgan fingerprint density at radius 3 is 3.00 bits per heavy atom. The molecule has 0 bridgehead atoms. The fourth-order valence-electron chi connectivity index (χ4n) is 1.56. The molecule has 0 radical (unpaired) electrons. The molecule has 0 atom stereocenters. The van der Waals surface area contributed by atoms with E-state index >= 15 is 0 Å². The van der Waals surface area contributed by atoms with Crippen LogP contribution in [-0.4, -0.2) is 16.1 Å². The van der Waals surface area contributed by atoms with Gasteiger partial charge in [0.25, 0.3) is 0 Å². The number of carboxylic acid groups (broad SMARTS) is 1. The molecule has 5 heteroatoms. The number of ether oxygens (including phenoxy) is 1. The summed E-state index contributed by atoms with van der Waals surface area (Å²) in [5, 5.41) is 17.8. The van der Waals surface area contributed by atoms with Gasteiger partial charge in [0.2, 0.25) is 0 Å². The molecule has 2 rings (SSSR count). The van der Waals surface area contributed by atoms with E-state index in [-0.39, 0.29) is 17.9 Å². The molecule has 19 heavy (non-hydrogen) atoms. The minimum Gasteiger partial charge on any atom is -0.486 e. The first-order chi connectivity index (χ1) is 9.20. The number of rotatable bonds is 4. The number of nitriles is 1. The van der Waals surface area contributed by atoms with E-state index in [9.17, 15) is 4.79 Å². The zero-order chi connectivity index (χ0) is 13.7. The second-order valence-electron chi connectivity index (χ2n) is 3.78. The molecule has 1 heterocycles. The zero-order valence-corrected chi connectivity index (χ0v) is 9.91. The molecular weight excluding hydrogens is 244 g/mol. The lowest BCUT2D eigenvalue weighted by atomic mass is 10.1. The topological polar surface area (TPSA) is 83.2 Å². The molecule has 1 N–H and O–H groups in total. The number of aromatic carboxylic acids is 1. The van der Waals surface area contributed by atoms with Crippen LogP contribution in [0, 0.1) is 11.3 Å². The third-order valence-electron chi connectivity index (χ3n) is 2.47. The molecule has 1 aromatic heterocycles. The molecule has 0 aliphatic rings. The summed E-state index contributed by atoms with van der Waals surface area (Å²) in [5.41, 5.74) is 1.39. The van der Waals surface area contributed by atoms with Gasteiger partial charge in [0.15, 0.2) is 5.75 Å². The predicted octanol–water partition coefficient (Wildman–Crippen LogP) is 2.23. The van der Waals surface area contributed by atoms with Crippen LogP contribution in [0.5, 0.6) is 5.75 Å². The van der Waals surface area contributed by atoms with Crippen molar-refractivity contribution in [2.24, 2.45) is 0 Å². The van der Waals surface area contributed by atoms with Crippen LogP contribution in [0.3, 0.4) is 0 Å². The summed E-state index contributed by atoms with van der Waals surface area (Å²) < 4.78 is 5.43. The van der Waals surface area contributed by atoms with Gasteiger partial charge in [-0.2, -0.15) is 5.26 Å². The van der Waals surface area contributed by atoms with E-state index in [0.717, 1.165) is 5.56 Å². The molecule has 2 aromatic rings. The van der Waals surface area contributed by atoms with E-state index in [1.54, 1.807) is 24.3 Å². The summed E-state index contributed by atoms with van der Waals surface area (Å²) in [7, 11) is 0. The molecule has 0 fully saturated rings. The molecule has 0 aliphatic carbocycles. The molecule has 1 aromatic carbocycles. The first-order valence-corrected chi connectivity index (χ1v) is 5.50. The quantitative estimate of drug-likeness (QED) is 0.904. The smallest absolute Gasteiger partial charge is 0.339 e. The molecule has 0 amide bonds. The van der Waals surface area contributed by atoms with E-state index in [0.29, 0.717) is 5.56 Å². The summed E-state index contributed by atoms with van der Waals surface area (Å²) in [6, 6.07) is 10.3. The molecule has 0 unspecified atom stereocenters. The first-order valence-electron chi connectivity index (χ1n) is 5.50. The van der Waals surface area contributed by atoms with Gasteiger partial charge in [-0.1, -0.05) is 12.1 Å². The van der Waals surface area contributed by atoms with Gasteiger partial charge in [0.05, 0.1) is 17.8 Å². The molecule has 0 saturated carbocycles. The van der Waals surface area contributed by atoms with E-state index in [2.05, 4.69) is 4.98 Å². The molecule has 0 saturated heterocycles. The average Bonchev–Trinajstić information content (AvgIpc) is 2.45. The number of aromatic nitrogens is 1. The van der Waals surface area contributed by atoms with Crippen molar-refractivity contribution < 1.29 is 14.6 Å². The highest BCUT2D eigenvalue weighted by atomic mass is 16.5. The van der Waals surface area contributed by atoms with E-state index < -0.39 is 5.97 Å². The van der Waals surface area contributed by atoms with Crippen molar-refractivity contribution in [3.63, 3.8) is 0 Å². The number of hydrogen-bond donors (Lipinski definition) is 1. The Bertz CT molecular complexity index is 647. The van der Waals surface area contributed by atoms with Crippen molar-refractivity contribution in [2.75, 3.05) is 0 Å². The van der Waals surface area contributed by atoms with E-state index in [1.807, 2.05) is 6.07 Å². The number of hydrogen-bond acceptors (Lipinski definition) is 4. The third-order valence-corrected chi connectivity index (χ3v) is 2.47. The largest absolute Gasteiger partial charge is 0.486 e. The van der Waals surface area contributed by atoms with E-state index in [1.165, 1.54) is 18.5 Å². The molecule has 5 nitrogen and oxygen atoms in total. The monoisotopic (exact) mass is 254 g/mol. The van der Waals surface area contributed by atoms with Crippen LogP contribution in [0.2, 0.25) is 0 Å². The van der Waals surface area contributed by atoms with Crippen LogP contribution in [0.4, 0.5) is 0 Å². The normalized spacial score (nSPS) is 9.63. The highest BCUT2D eigenvalue weighted by Gasteiger charge is 2.10. The summed E-state index contributed by atoms with van der Waals surface area (Å²) >= 11 is 0. The standard InChI is InChI=1S/C14H10N2O3/c15-7-10-2-1-3-11(6-10)9-19-13-8-16-5-4-12(13)14(17)18/h1-6,8H,9H2,(H,17,18). The van der Waals surface area contributed by atoms with Gasteiger partial charge in [-0.15, -0.1) is 0 Å². The lowest BCUT2D eigenvalue weighted by molar-refractivity contribution is 0.0691. The van der Waals surface area contributed by atoms with Crippen LogP contribution in [0.1, 0.15) is 21.5 Å². The van der Waals surface area contributed by atoms with Crippen LogP contribution in [0.25, 0.3) is 0 Å². The van der Waals surface area contributed by atoms with Crippen LogP contribution in [0.15, 0.2) is 42.7 Å². The van der Waals surface area contributed by atoms with Gasteiger partial charge in [-0.25, -0.2) is 4.79 Å².